The molecule has 3 rings (SSSR count). The van der Waals surface area contributed by atoms with E-state index < -0.39 is 5.82 Å². The molecule has 128 valence electrons. The average molecular weight is 332 g/mol. The zero-order valence-electron chi connectivity index (χ0n) is 13.5. The quantitative estimate of drug-likeness (QED) is 0.816. The number of rotatable bonds is 7. The third-order valence-electron chi connectivity index (χ3n) is 4.09. The zero-order chi connectivity index (χ0) is 17.1. The molecule has 1 atom stereocenters. The van der Waals surface area contributed by atoms with Gasteiger partial charge in [0.15, 0.2) is 11.6 Å². The summed E-state index contributed by atoms with van der Waals surface area (Å²) in [5.74, 6) is 0.654. The van der Waals surface area contributed by atoms with Gasteiger partial charge in [0.05, 0.1) is 24.8 Å². The van der Waals surface area contributed by atoms with Crippen LogP contribution in [0.1, 0.15) is 47.5 Å². The van der Waals surface area contributed by atoms with Crippen LogP contribution in [0.3, 0.4) is 0 Å². The van der Waals surface area contributed by atoms with Crippen molar-refractivity contribution in [3.05, 3.63) is 53.2 Å². The lowest BCUT2D eigenvalue weighted by Crippen LogP contribution is -2.26. The van der Waals surface area contributed by atoms with Crippen LogP contribution in [-0.2, 0) is 6.54 Å². The number of benzene rings is 1. The molecule has 0 aliphatic heterocycles. The molecule has 1 aromatic carbocycles. The van der Waals surface area contributed by atoms with Gasteiger partial charge in [-0.15, -0.1) is 0 Å². The third kappa shape index (κ3) is 3.94. The molecule has 1 saturated carbocycles. The fraction of sp³-hybridized carbons (Fsp3) is 0.389. The normalized spacial score (nSPS) is 15.1. The van der Waals surface area contributed by atoms with Crippen molar-refractivity contribution in [2.45, 2.75) is 32.4 Å². The van der Waals surface area contributed by atoms with Crippen LogP contribution in [0.2, 0.25) is 0 Å². The maximum Gasteiger partial charge on any atom is 0.255 e. The van der Waals surface area contributed by atoms with Crippen molar-refractivity contribution >= 4 is 5.91 Å². The number of amides is 1. The Bertz CT molecular complexity index is 725. The van der Waals surface area contributed by atoms with Gasteiger partial charge in [0.1, 0.15) is 12.0 Å². The number of hydrogen-bond acceptors (Lipinski definition) is 4. The topological polar surface area (TPSA) is 77.5 Å². The summed E-state index contributed by atoms with van der Waals surface area (Å²) in [6.45, 7) is 2.59. The van der Waals surface area contributed by atoms with Crippen molar-refractivity contribution < 1.29 is 18.3 Å². The van der Waals surface area contributed by atoms with Gasteiger partial charge >= 0.3 is 0 Å². The SMILES string of the molecule is CC(NC(=O)c1coc(CN)c1)c1ccc(OCC2CC2)c(F)c1. The molecule has 1 aliphatic carbocycles. The second kappa shape index (κ2) is 7.05. The maximum atomic E-state index is 14.1. The summed E-state index contributed by atoms with van der Waals surface area (Å²) in [6.07, 6.45) is 3.67. The van der Waals surface area contributed by atoms with E-state index in [4.69, 9.17) is 14.9 Å². The highest BCUT2D eigenvalue weighted by Crippen LogP contribution is 2.30. The Morgan fingerprint density at radius 1 is 1.46 bits per heavy atom. The van der Waals surface area contributed by atoms with Gasteiger partial charge in [0.25, 0.3) is 5.91 Å². The lowest BCUT2D eigenvalue weighted by Gasteiger charge is -2.15. The molecule has 0 bridgehead atoms. The number of carbonyl (C=O) groups is 1. The number of furan rings is 1. The molecule has 2 aromatic rings. The second-order valence-electron chi connectivity index (χ2n) is 6.15. The van der Waals surface area contributed by atoms with Gasteiger partial charge in [-0.2, -0.15) is 0 Å². The Hall–Kier alpha value is -2.34. The Morgan fingerprint density at radius 3 is 2.88 bits per heavy atom. The van der Waals surface area contributed by atoms with Crippen LogP contribution in [0.5, 0.6) is 5.75 Å². The summed E-state index contributed by atoms with van der Waals surface area (Å²) in [6, 6.07) is 6.02. The van der Waals surface area contributed by atoms with E-state index in [1.54, 1.807) is 25.1 Å². The van der Waals surface area contributed by atoms with Crippen LogP contribution in [-0.4, -0.2) is 12.5 Å². The highest BCUT2D eigenvalue weighted by atomic mass is 19.1. The smallest absolute Gasteiger partial charge is 0.255 e. The van der Waals surface area contributed by atoms with Crippen LogP contribution >= 0.6 is 0 Å². The fourth-order valence-electron chi connectivity index (χ4n) is 2.37. The molecule has 1 unspecified atom stereocenters. The Morgan fingerprint density at radius 2 is 2.25 bits per heavy atom. The number of ether oxygens (including phenoxy) is 1. The minimum atomic E-state index is -0.414. The molecule has 3 N–H and O–H groups in total. The van der Waals surface area contributed by atoms with Gasteiger partial charge in [-0.1, -0.05) is 6.07 Å². The molecule has 0 saturated heterocycles. The minimum Gasteiger partial charge on any atom is -0.490 e. The van der Waals surface area contributed by atoms with E-state index in [0.717, 1.165) is 12.8 Å². The highest BCUT2D eigenvalue weighted by Gasteiger charge is 2.22. The average Bonchev–Trinajstić information content (AvgIpc) is 3.27. The van der Waals surface area contributed by atoms with Crippen LogP contribution in [0, 0.1) is 11.7 Å². The second-order valence-corrected chi connectivity index (χ2v) is 6.15. The largest absolute Gasteiger partial charge is 0.490 e. The molecule has 0 spiro atoms. The predicted octanol–water partition coefficient (Wildman–Crippen LogP) is 3.16. The zero-order valence-corrected chi connectivity index (χ0v) is 13.5. The molecule has 6 heteroatoms. The van der Waals surface area contributed by atoms with E-state index in [0.29, 0.717) is 29.4 Å². The summed E-state index contributed by atoms with van der Waals surface area (Å²) in [7, 11) is 0. The summed E-state index contributed by atoms with van der Waals surface area (Å²) < 4.78 is 24.7. The van der Waals surface area contributed by atoms with Crippen molar-refractivity contribution in [1.29, 1.82) is 0 Å². The molecule has 0 radical (unpaired) electrons. The van der Waals surface area contributed by atoms with E-state index in [-0.39, 0.29) is 24.2 Å². The summed E-state index contributed by atoms with van der Waals surface area (Å²) in [4.78, 5) is 12.2. The number of hydrogen-bond donors (Lipinski definition) is 2. The van der Waals surface area contributed by atoms with E-state index in [1.165, 1.54) is 12.3 Å². The van der Waals surface area contributed by atoms with E-state index in [9.17, 15) is 9.18 Å². The van der Waals surface area contributed by atoms with Crippen molar-refractivity contribution in [1.82, 2.24) is 5.32 Å². The van der Waals surface area contributed by atoms with E-state index in [1.807, 2.05) is 0 Å². The third-order valence-corrected chi connectivity index (χ3v) is 4.09. The van der Waals surface area contributed by atoms with Gasteiger partial charge in [0, 0.05) is 0 Å². The monoisotopic (exact) mass is 332 g/mol. The lowest BCUT2D eigenvalue weighted by molar-refractivity contribution is 0.0939. The predicted molar refractivity (Wildman–Crippen MR) is 87.1 cm³/mol. The molecule has 1 fully saturated rings. The highest BCUT2D eigenvalue weighted by molar-refractivity contribution is 5.94. The van der Waals surface area contributed by atoms with Crippen molar-refractivity contribution in [2.75, 3.05) is 6.61 Å². The molecule has 1 amide bonds. The molecule has 1 heterocycles. The lowest BCUT2D eigenvalue weighted by atomic mass is 10.1. The number of nitrogens with one attached hydrogen (secondary N) is 1. The Kier molecular flexibility index (Phi) is 4.85. The Balaban J connectivity index is 1.62. The van der Waals surface area contributed by atoms with Gasteiger partial charge in [0.2, 0.25) is 0 Å². The first kappa shape index (κ1) is 16.5. The van der Waals surface area contributed by atoms with Crippen LogP contribution < -0.4 is 15.8 Å². The molecular weight excluding hydrogens is 311 g/mol. The van der Waals surface area contributed by atoms with E-state index in [2.05, 4.69) is 5.32 Å². The van der Waals surface area contributed by atoms with Gasteiger partial charge < -0.3 is 20.2 Å². The number of carbonyl (C=O) groups excluding carboxylic acids is 1. The molecule has 1 aromatic heterocycles. The van der Waals surface area contributed by atoms with Crippen LogP contribution in [0.15, 0.2) is 34.9 Å². The van der Waals surface area contributed by atoms with Crippen LogP contribution in [0.25, 0.3) is 0 Å². The summed E-state index contributed by atoms with van der Waals surface area (Å²) >= 11 is 0. The van der Waals surface area contributed by atoms with Crippen LogP contribution in [0.4, 0.5) is 4.39 Å². The van der Waals surface area contributed by atoms with E-state index >= 15 is 0 Å². The standard InChI is InChI=1S/C18H21FN2O3/c1-11(21-18(22)14-6-15(8-20)23-10-14)13-4-5-17(16(19)7-13)24-9-12-2-3-12/h4-7,10-12H,2-3,8-9,20H2,1H3,(H,21,22). The summed E-state index contributed by atoms with van der Waals surface area (Å²) in [5.41, 5.74) is 6.52. The van der Waals surface area contributed by atoms with Gasteiger partial charge in [-0.3, -0.25) is 4.79 Å². The number of halogens is 1. The van der Waals surface area contributed by atoms with Crippen molar-refractivity contribution in [3.8, 4) is 5.75 Å². The Labute approximate surface area is 140 Å². The maximum absolute atomic E-state index is 14.1. The molecule has 5 nitrogen and oxygen atoms in total. The molecular formula is C18H21FN2O3. The van der Waals surface area contributed by atoms with Gasteiger partial charge in [-0.05, 0) is 49.4 Å². The molecule has 24 heavy (non-hydrogen) atoms. The van der Waals surface area contributed by atoms with Crippen molar-refractivity contribution in [2.24, 2.45) is 11.7 Å². The first-order valence-corrected chi connectivity index (χ1v) is 8.07. The first-order chi connectivity index (χ1) is 11.6. The van der Waals surface area contributed by atoms with Gasteiger partial charge in [-0.25, -0.2) is 4.39 Å². The molecule has 1 aliphatic rings. The summed E-state index contributed by atoms with van der Waals surface area (Å²) in [5, 5.41) is 2.81. The van der Waals surface area contributed by atoms with Crippen molar-refractivity contribution in [3.63, 3.8) is 0 Å². The number of nitrogens with two attached hydrogens (primary N) is 1. The first-order valence-electron chi connectivity index (χ1n) is 8.07. The minimum absolute atomic E-state index is 0.233. The fourth-order valence-corrected chi connectivity index (χ4v) is 2.37.